The third-order valence-corrected chi connectivity index (χ3v) is 4.79. The standard InChI is InChI=1S/C15H26N2O4/c1-11-12(6-9-21-11)17-14(20)16-10-15(13(18)19)7-4-2-3-5-8-15/h11-12H,2-10H2,1H3,(H,18,19)(H2,16,17,20). The Morgan fingerprint density at radius 1 is 1.24 bits per heavy atom. The van der Waals surface area contributed by atoms with Crippen molar-refractivity contribution in [2.24, 2.45) is 5.41 Å². The number of carbonyl (C=O) groups is 2. The van der Waals surface area contributed by atoms with Gasteiger partial charge in [0, 0.05) is 13.2 Å². The lowest BCUT2D eigenvalue weighted by atomic mass is 9.80. The molecule has 1 saturated heterocycles. The SMILES string of the molecule is CC1OCCC1NC(=O)NCC1(C(=O)O)CCCCCC1. The molecule has 2 fully saturated rings. The van der Waals surface area contributed by atoms with Crippen LogP contribution in [-0.2, 0) is 9.53 Å². The van der Waals surface area contributed by atoms with E-state index in [1.54, 1.807) is 0 Å². The number of amides is 2. The van der Waals surface area contributed by atoms with Gasteiger partial charge in [0.1, 0.15) is 0 Å². The minimum atomic E-state index is -0.800. The van der Waals surface area contributed by atoms with Crippen molar-refractivity contribution >= 4 is 12.0 Å². The van der Waals surface area contributed by atoms with Gasteiger partial charge in [0.25, 0.3) is 0 Å². The van der Waals surface area contributed by atoms with Crippen LogP contribution in [0.15, 0.2) is 0 Å². The number of aliphatic carboxylic acids is 1. The summed E-state index contributed by atoms with van der Waals surface area (Å²) >= 11 is 0. The van der Waals surface area contributed by atoms with Crippen LogP contribution >= 0.6 is 0 Å². The monoisotopic (exact) mass is 298 g/mol. The third-order valence-electron chi connectivity index (χ3n) is 4.79. The summed E-state index contributed by atoms with van der Waals surface area (Å²) in [5.41, 5.74) is -0.800. The van der Waals surface area contributed by atoms with Crippen molar-refractivity contribution < 1.29 is 19.4 Å². The summed E-state index contributed by atoms with van der Waals surface area (Å²) in [6, 6.07) is -0.276. The van der Waals surface area contributed by atoms with Gasteiger partial charge in [0.05, 0.1) is 17.6 Å². The zero-order valence-electron chi connectivity index (χ0n) is 12.7. The Hall–Kier alpha value is -1.30. The van der Waals surface area contributed by atoms with Crippen molar-refractivity contribution in [1.82, 2.24) is 10.6 Å². The average molecular weight is 298 g/mol. The first-order chi connectivity index (χ1) is 10.0. The van der Waals surface area contributed by atoms with Crippen LogP contribution in [-0.4, -0.2) is 42.4 Å². The third kappa shape index (κ3) is 4.09. The van der Waals surface area contributed by atoms with Crippen molar-refractivity contribution in [1.29, 1.82) is 0 Å². The van der Waals surface area contributed by atoms with Crippen LogP contribution in [0.4, 0.5) is 4.79 Å². The van der Waals surface area contributed by atoms with Crippen molar-refractivity contribution in [2.45, 2.75) is 64.0 Å². The molecule has 2 amide bonds. The molecule has 1 saturated carbocycles. The Kier molecular flexibility index (Phi) is 5.45. The molecular formula is C15H26N2O4. The van der Waals surface area contributed by atoms with E-state index in [-0.39, 0.29) is 24.7 Å². The second kappa shape index (κ2) is 7.11. The van der Waals surface area contributed by atoms with Crippen LogP contribution in [0.25, 0.3) is 0 Å². The van der Waals surface area contributed by atoms with Gasteiger partial charge in [-0.25, -0.2) is 4.79 Å². The topological polar surface area (TPSA) is 87.7 Å². The summed E-state index contributed by atoms with van der Waals surface area (Å²) in [6.07, 6.45) is 6.11. The predicted molar refractivity (Wildman–Crippen MR) is 78.1 cm³/mol. The molecule has 0 aromatic heterocycles. The van der Waals surface area contributed by atoms with Gasteiger partial charge >= 0.3 is 12.0 Å². The number of hydrogen-bond donors (Lipinski definition) is 3. The summed E-state index contributed by atoms with van der Waals surface area (Å²) < 4.78 is 5.40. The molecule has 2 atom stereocenters. The van der Waals surface area contributed by atoms with Crippen molar-refractivity contribution in [2.75, 3.05) is 13.2 Å². The van der Waals surface area contributed by atoms with Crippen molar-refractivity contribution in [3.8, 4) is 0 Å². The molecule has 6 nitrogen and oxygen atoms in total. The Balaban J connectivity index is 1.86. The van der Waals surface area contributed by atoms with E-state index < -0.39 is 11.4 Å². The fourth-order valence-corrected chi connectivity index (χ4v) is 3.26. The van der Waals surface area contributed by atoms with E-state index in [1.807, 2.05) is 6.92 Å². The highest BCUT2D eigenvalue weighted by Gasteiger charge is 2.39. The number of ether oxygens (including phenoxy) is 1. The van der Waals surface area contributed by atoms with E-state index in [4.69, 9.17) is 4.74 Å². The van der Waals surface area contributed by atoms with Gasteiger partial charge in [-0.3, -0.25) is 4.79 Å². The molecule has 0 radical (unpaired) electrons. The Bertz CT molecular complexity index is 378. The highest BCUT2D eigenvalue weighted by molar-refractivity contribution is 5.78. The van der Waals surface area contributed by atoms with Crippen LogP contribution in [0.1, 0.15) is 51.9 Å². The van der Waals surface area contributed by atoms with Gasteiger partial charge in [0.2, 0.25) is 0 Å². The molecule has 0 aromatic carbocycles. The summed E-state index contributed by atoms with van der Waals surface area (Å²) in [7, 11) is 0. The number of urea groups is 1. The molecule has 3 N–H and O–H groups in total. The van der Waals surface area contributed by atoms with Gasteiger partial charge < -0.3 is 20.5 Å². The number of nitrogens with one attached hydrogen (secondary N) is 2. The van der Waals surface area contributed by atoms with E-state index in [0.717, 1.165) is 32.1 Å². The average Bonchev–Trinajstić information content (AvgIpc) is 2.72. The quantitative estimate of drug-likeness (QED) is 0.692. The zero-order chi connectivity index (χ0) is 15.3. The van der Waals surface area contributed by atoms with Gasteiger partial charge in [-0.15, -0.1) is 0 Å². The molecule has 0 spiro atoms. The molecular weight excluding hydrogens is 272 g/mol. The number of rotatable bonds is 4. The Labute approximate surface area is 125 Å². The van der Waals surface area contributed by atoms with Gasteiger partial charge in [-0.2, -0.15) is 0 Å². The number of hydrogen-bond acceptors (Lipinski definition) is 3. The maximum absolute atomic E-state index is 12.0. The molecule has 1 aliphatic heterocycles. The molecule has 21 heavy (non-hydrogen) atoms. The summed E-state index contributed by atoms with van der Waals surface area (Å²) in [5, 5.41) is 15.2. The summed E-state index contributed by atoms with van der Waals surface area (Å²) in [4.78, 5) is 23.6. The molecule has 120 valence electrons. The smallest absolute Gasteiger partial charge is 0.315 e. The largest absolute Gasteiger partial charge is 0.481 e. The first-order valence-corrected chi connectivity index (χ1v) is 7.93. The second-order valence-electron chi connectivity index (χ2n) is 6.30. The van der Waals surface area contributed by atoms with Crippen LogP contribution in [0.3, 0.4) is 0 Å². The van der Waals surface area contributed by atoms with Crippen molar-refractivity contribution in [3.05, 3.63) is 0 Å². The molecule has 1 heterocycles. The minimum Gasteiger partial charge on any atom is -0.481 e. The van der Waals surface area contributed by atoms with Gasteiger partial charge in [0.15, 0.2) is 0 Å². The summed E-state index contributed by atoms with van der Waals surface area (Å²) in [6.45, 7) is 2.79. The highest BCUT2D eigenvalue weighted by Crippen LogP contribution is 2.34. The molecule has 2 aliphatic rings. The molecule has 2 unspecified atom stereocenters. The van der Waals surface area contributed by atoms with Crippen LogP contribution in [0, 0.1) is 5.41 Å². The first kappa shape index (κ1) is 16.1. The lowest BCUT2D eigenvalue weighted by molar-refractivity contribution is -0.149. The van der Waals surface area contributed by atoms with E-state index in [0.29, 0.717) is 19.4 Å². The molecule has 0 aromatic rings. The maximum Gasteiger partial charge on any atom is 0.315 e. The van der Waals surface area contributed by atoms with E-state index in [1.165, 1.54) is 0 Å². The fourth-order valence-electron chi connectivity index (χ4n) is 3.26. The number of carbonyl (C=O) groups excluding carboxylic acids is 1. The van der Waals surface area contributed by atoms with Crippen LogP contribution < -0.4 is 10.6 Å². The Morgan fingerprint density at radius 3 is 2.43 bits per heavy atom. The number of carboxylic acids is 1. The maximum atomic E-state index is 12.0. The van der Waals surface area contributed by atoms with Gasteiger partial charge in [-0.05, 0) is 26.2 Å². The lowest BCUT2D eigenvalue weighted by Gasteiger charge is -2.28. The highest BCUT2D eigenvalue weighted by atomic mass is 16.5. The molecule has 1 aliphatic carbocycles. The number of carboxylic acid groups (broad SMARTS) is 1. The molecule has 2 rings (SSSR count). The fraction of sp³-hybridized carbons (Fsp3) is 0.867. The first-order valence-electron chi connectivity index (χ1n) is 7.93. The lowest BCUT2D eigenvalue weighted by Crippen LogP contribution is -2.49. The minimum absolute atomic E-state index is 0.0138. The van der Waals surface area contributed by atoms with Crippen molar-refractivity contribution in [3.63, 3.8) is 0 Å². The Morgan fingerprint density at radius 2 is 1.90 bits per heavy atom. The normalized spacial score (nSPS) is 28.6. The summed E-state index contributed by atoms with van der Waals surface area (Å²) in [5.74, 6) is -0.790. The van der Waals surface area contributed by atoms with E-state index in [9.17, 15) is 14.7 Å². The molecule has 6 heteroatoms. The van der Waals surface area contributed by atoms with Crippen LogP contribution in [0.5, 0.6) is 0 Å². The van der Waals surface area contributed by atoms with E-state index in [2.05, 4.69) is 10.6 Å². The van der Waals surface area contributed by atoms with Gasteiger partial charge in [-0.1, -0.05) is 25.7 Å². The molecule has 0 bridgehead atoms. The zero-order valence-corrected chi connectivity index (χ0v) is 12.7. The second-order valence-corrected chi connectivity index (χ2v) is 6.30. The van der Waals surface area contributed by atoms with Crippen LogP contribution in [0.2, 0.25) is 0 Å². The predicted octanol–water partition coefficient (Wildman–Crippen LogP) is 1.89. The van der Waals surface area contributed by atoms with E-state index >= 15 is 0 Å².